The second-order valence-corrected chi connectivity index (χ2v) is 5.48. The Morgan fingerprint density at radius 1 is 1.18 bits per heavy atom. The Kier molecular flexibility index (Phi) is 7.00. The molecule has 0 saturated carbocycles. The predicted octanol–water partition coefficient (Wildman–Crippen LogP) is 3.94. The number of rotatable bonds is 9. The number of furan rings is 1. The molecule has 0 unspecified atom stereocenters. The molecule has 118 valence electrons. The molecule has 1 aromatic heterocycles. The number of carbonyl (C=O) groups is 1. The third-order valence-corrected chi connectivity index (χ3v) is 3.43. The number of nitrogens with one attached hydrogen (secondary N) is 1. The SMILES string of the molecule is O=C(CCCc1cccc(Cl)c1)NOCCCc1ccco1. The Morgan fingerprint density at radius 3 is 2.86 bits per heavy atom. The van der Waals surface area contributed by atoms with Crippen molar-refractivity contribution in [1.82, 2.24) is 5.48 Å². The summed E-state index contributed by atoms with van der Waals surface area (Å²) in [6.07, 6.45) is 5.28. The zero-order chi connectivity index (χ0) is 15.6. The second kappa shape index (κ2) is 9.28. The highest BCUT2D eigenvalue weighted by Crippen LogP contribution is 2.12. The molecule has 5 heteroatoms. The Morgan fingerprint density at radius 2 is 2.09 bits per heavy atom. The number of halogens is 1. The average molecular weight is 322 g/mol. The van der Waals surface area contributed by atoms with Gasteiger partial charge in [-0.05, 0) is 49.1 Å². The van der Waals surface area contributed by atoms with Crippen molar-refractivity contribution in [2.24, 2.45) is 0 Å². The number of carbonyl (C=O) groups excluding carboxylic acids is 1. The molecule has 1 heterocycles. The first-order valence-electron chi connectivity index (χ1n) is 7.41. The fourth-order valence-corrected chi connectivity index (χ4v) is 2.31. The highest BCUT2D eigenvalue weighted by molar-refractivity contribution is 6.30. The van der Waals surface area contributed by atoms with Crippen LogP contribution in [0.2, 0.25) is 5.02 Å². The third-order valence-electron chi connectivity index (χ3n) is 3.19. The van der Waals surface area contributed by atoms with Crippen LogP contribution in [-0.4, -0.2) is 12.5 Å². The van der Waals surface area contributed by atoms with Crippen molar-refractivity contribution >= 4 is 17.5 Å². The first-order chi connectivity index (χ1) is 10.7. The quantitative estimate of drug-likeness (QED) is 0.562. The summed E-state index contributed by atoms with van der Waals surface area (Å²) in [5, 5.41) is 0.724. The van der Waals surface area contributed by atoms with Crippen molar-refractivity contribution in [2.75, 3.05) is 6.61 Å². The van der Waals surface area contributed by atoms with Gasteiger partial charge in [-0.25, -0.2) is 5.48 Å². The molecule has 0 radical (unpaired) electrons. The van der Waals surface area contributed by atoms with E-state index in [-0.39, 0.29) is 5.91 Å². The molecule has 22 heavy (non-hydrogen) atoms. The normalized spacial score (nSPS) is 10.6. The molecule has 2 rings (SSSR count). The smallest absolute Gasteiger partial charge is 0.243 e. The highest BCUT2D eigenvalue weighted by atomic mass is 35.5. The zero-order valence-corrected chi connectivity index (χ0v) is 13.1. The molecular formula is C17H20ClNO3. The van der Waals surface area contributed by atoms with Crippen LogP contribution < -0.4 is 5.48 Å². The van der Waals surface area contributed by atoms with Crippen LogP contribution in [0.1, 0.15) is 30.6 Å². The molecule has 1 amide bonds. The van der Waals surface area contributed by atoms with Crippen LogP contribution in [0.15, 0.2) is 47.1 Å². The summed E-state index contributed by atoms with van der Waals surface area (Å²) in [6.45, 7) is 0.473. The zero-order valence-electron chi connectivity index (χ0n) is 12.4. The lowest BCUT2D eigenvalue weighted by Crippen LogP contribution is -2.24. The van der Waals surface area contributed by atoms with E-state index in [1.54, 1.807) is 6.26 Å². The lowest BCUT2D eigenvalue weighted by Gasteiger charge is -2.06. The van der Waals surface area contributed by atoms with Gasteiger partial charge in [0.1, 0.15) is 5.76 Å². The summed E-state index contributed by atoms with van der Waals surface area (Å²) < 4.78 is 5.21. The van der Waals surface area contributed by atoms with Gasteiger partial charge in [-0.2, -0.15) is 0 Å². The lowest BCUT2D eigenvalue weighted by atomic mass is 10.1. The van der Waals surface area contributed by atoms with E-state index in [1.165, 1.54) is 0 Å². The minimum atomic E-state index is -0.0972. The summed E-state index contributed by atoms with van der Waals surface area (Å²) in [7, 11) is 0. The van der Waals surface area contributed by atoms with Crippen molar-refractivity contribution < 1.29 is 14.0 Å². The van der Waals surface area contributed by atoms with Crippen molar-refractivity contribution in [1.29, 1.82) is 0 Å². The number of benzene rings is 1. The molecule has 0 aliphatic carbocycles. The van der Waals surface area contributed by atoms with E-state index in [0.29, 0.717) is 13.0 Å². The van der Waals surface area contributed by atoms with E-state index in [0.717, 1.165) is 42.0 Å². The predicted molar refractivity (Wildman–Crippen MR) is 85.5 cm³/mol. The Balaban J connectivity index is 1.51. The molecule has 4 nitrogen and oxygen atoms in total. The van der Waals surface area contributed by atoms with Gasteiger partial charge in [0.05, 0.1) is 12.9 Å². The Hall–Kier alpha value is -1.78. The van der Waals surface area contributed by atoms with E-state index in [2.05, 4.69) is 5.48 Å². The summed E-state index contributed by atoms with van der Waals surface area (Å²) in [5.74, 6) is 0.830. The first-order valence-corrected chi connectivity index (χ1v) is 7.79. The minimum absolute atomic E-state index is 0.0972. The number of hydrogen-bond donors (Lipinski definition) is 1. The van der Waals surface area contributed by atoms with Crippen LogP contribution >= 0.6 is 11.6 Å². The van der Waals surface area contributed by atoms with E-state index < -0.39 is 0 Å². The maximum Gasteiger partial charge on any atom is 0.243 e. The number of hydrogen-bond acceptors (Lipinski definition) is 3. The fraction of sp³-hybridized carbons (Fsp3) is 0.353. The van der Waals surface area contributed by atoms with Crippen LogP contribution in [0.3, 0.4) is 0 Å². The lowest BCUT2D eigenvalue weighted by molar-refractivity contribution is -0.133. The van der Waals surface area contributed by atoms with Gasteiger partial charge >= 0.3 is 0 Å². The van der Waals surface area contributed by atoms with Gasteiger partial charge in [-0.1, -0.05) is 23.7 Å². The van der Waals surface area contributed by atoms with Crippen LogP contribution in [0.4, 0.5) is 0 Å². The third kappa shape index (κ3) is 6.33. The van der Waals surface area contributed by atoms with Crippen LogP contribution in [0.25, 0.3) is 0 Å². The standard InChI is InChI=1S/C17H20ClNO3/c18-15-7-1-5-14(13-15)6-2-10-17(20)19-22-12-4-9-16-8-3-11-21-16/h1,3,5,7-8,11,13H,2,4,6,9-10,12H2,(H,19,20). The largest absolute Gasteiger partial charge is 0.469 e. The van der Waals surface area contributed by atoms with Crippen LogP contribution in [0, 0.1) is 0 Å². The molecule has 2 aromatic rings. The van der Waals surface area contributed by atoms with E-state index in [4.69, 9.17) is 20.9 Å². The molecule has 0 spiro atoms. The molecule has 1 N–H and O–H groups in total. The van der Waals surface area contributed by atoms with Gasteiger partial charge in [0, 0.05) is 17.9 Å². The van der Waals surface area contributed by atoms with E-state index in [9.17, 15) is 4.79 Å². The van der Waals surface area contributed by atoms with Crippen molar-refractivity contribution in [3.8, 4) is 0 Å². The molecule has 1 aromatic carbocycles. The second-order valence-electron chi connectivity index (χ2n) is 5.04. The molecular weight excluding hydrogens is 302 g/mol. The molecule has 0 saturated heterocycles. The van der Waals surface area contributed by atoms with Crippen LogP contribution in [-0.2, 0) is 22.5 Å². The first kappa shape index (κ1) is 16.6. The molecule has 0 fully saturated rings. The van der Waals surface area contributed by atoms with Gasteiger partial charge in [-0.15, -0.1) is 0 Å². The van der Waals surface area contributed by atoms with Crippen molar-refractivity contribution in [3.05, 3.63) is 59.0 Å². The molecule has 0 aliphatic heterocycles. The summed E-state index contributed by atoms with van der Waals surface area (Å²) in [5.41, 5.74) is 3.60. The number of amides is 1. The Bertz CT molecular complexity index is 569. The van der Waals surface area contributed by atoms with E-state index in [1.807, 2.05) is 36.4 Å². The van der Waals surface area contributed by atoms with Crippen molar-refractivity contribution in [2.45, 2.75) is 32.1 Å². The van der Waals surface area contributed by atoms with Crippen molar-refractivity contribution in [3.63, 3.8) is 0 Å². The molecule has 0 atom stereocenters. The average Bonchev–Trinajstić information content (AvgIpc) is 3.00. The summed E-state index contributed by atoms with van der Waals surface area (Å²) in [4.78, 5) is 16.8. The maximum absolute atomic E-state index is 11.6. The summed E-state index contributed by atoms with van der Waals surface area (Å²) in [6, 6.07) is 11.5. The van der Waals surface area contributed by atoms with E-state index >= 15 is 0 Å². The van der Waals surface area contributed by atoms with Gasteiger partial charge in [0.15, 0.2) is 0 Å². The Labute approximate surface area is 135 Å². The number of aryl methyl sites for hydroxylation is 2. The van der Waals surface area contributed by atoms with Gasteiger partial charge in [0.2, 0.25) is 5.91 Å². The topological polar surface area (TPSA) is 51.5 Å². The van der Waals surface area contributed by atoms with Gasteiger partial charge in [0.25, 0.3) is 0 Å². The van der Waals surface area contributed by atoms with Crippen LogP contribution in [0.5, 0.6) is 0 Å². The fourth-order valence-electron chi connectivity index (χ4n) is 2.10. The molecule has 0 aliphatic rings. The minimum Gasteiger partial charge on any atom is -0.469 e. The monoisotopic (exact) mass is 321 g/mol. The van der Waals surface area contributed by atoms with Gasteiger partial charge in [-0.3, -0.25) is 9.63 Å². The van der Waals surface area contributed by atoms with Gasteiger partial charge < -0.3 is 4.42 Å². The maximum atomic E-state index is 11.6. The summed E-state index contributed by atoms with van der Waals surface area (Å²) >= 11 is 5.92. The highest BCUT2D eigenvalue weighted by Gasteiger charge is 2.02. The number of hydroxylamine groups is 1. The molecule has 0 bridgehead atoms.